The second kappa shape index (κ2) is 4.30. The van der Waals surface area contributed by atoms with Crippen LogP contribution >= 0.6 is 0 Å². The maximum absolute atomic E-state index is 11.1. The van der Waals surface area contributed by atoms with Crippen molar-refractivity contribution in [1.82, 2.24) is 0 Å². The summed E-state index contributed by atoms with van der Waals surface area (Å²) < 4.78 is 0. The van der Waals surface area contributed by atoms with Gasteiger partial charge in [0.15, 0.2) is 0 Å². The summed E-state index contributed by atoms with van der Waals surface area (Å²) in [5.41, 5.74) is 3.94. The summed E-state index contributed by atoms with van der Waals surface area (Å²) in [6, 6.07) is 6.39. The largest absolute Gasteiger partial charge is 0.481 e. The molecule has 96 valence electrons. The fourth-order valence-electron chi connectivity index (χ4n) is 3.19. The number of carboxylic acids is 1. The molecule has 1 aliphatic carbocycles. The molecule has 1 heterocycles. The van der Waals surface area contributed by atoms with Gasteiger partial charge in [-0.1, -0.05) is 18.2 Å². The zero-order valence-corrected chi connectivity index (χ0v) is 10.7. The number of benzene rings is 1. The molecule has 3 nitrogen and oxygen atoms in total. The highest BCUT2D eigenvalue weighted by atomic mass is 16.4. The first kappa shape index (κ1) is 11.6. The first-order chi connectivity index (χ1) is 8.66. The highest BCUT2D eigenvalue weighted by Crippen LogP contribution is 2.48. The number of fused-ring (bicyclic) bond motifs is 1. The molecule has 0 saturated heterocycles. The van der Waals surface area contributed by atoms with Gasteiger partial charge >= 0.3 is 5.97 Å². The quantitative estimate of drug-likeness (QED) is 0.886. The monoisotopic (exact) mass is 245 g/mol. The fraction of sp³-hybridized carbons (Fsp3) is 0.533. The molecule has 1 fully saturated rings. The molecule has 1 saturated carbocycles. The Morgan fingerprint density at radius 2 is 2.28 bits per heavy atom. The summed E-state index contributed by atoms with van der Waals surface area (Å²) in [4.78, 5) is 13.4. The van der Waals surface area contributed by atoms with Gasteiger partial charge in [0.05, 0.1) is 6.42 Å². The maximum Gasteiger partial charge on any atom is 0.303 e. The van der Waals surface area contributed by atoms with E-state index in [2.05, 4.69) is 30.1 Å². The molecule has 1 N–H and O–H groups in total. The lowest BCUT2D eigenvalue weighted by atomic mass is 9.88. The van der Waals surface area contributed by atoms with Crippen molar-refractivity contribution >= 4 is 11.7 Å². The third-order valence-electron chi connectivity index (χ3n) is 4.23. The SMILES string of the molecule is CN1CCc2cccc(C(CC(=O)O)C3CC3)c21. The van der Waals surface area contributed by atoms with Crippen LogP contribution in [0.5, 0.6) is 0 Å². The lowest BCUT2D eigenvalue weighted by molar-refractivity contribution is -0.137. The summed E-state index contributed by atoms with van der Waals surface area (Å²) in [5.74, 6) is 0.116. The van der Waals surface area contributed by atoms with Gasteiger partial charge in [-0.3, -0.25) is 4.79 Å². The first-order valence-electron chi connectivity index (χ1n) is 6.71. The van der Waals surface area contributed by atoms with Crippen molar-refractivity contribution in [2.75, 3.05) is 18.5 Å². The summed E-state index contributed by atoms with van der Waals surface area (Å²) in [5, 5.41) is 9.12. The third kappa shape index (κ3) is 1.98. The van der Waals surface area contributed by atoms with E-state index in [4.69, 9.17) is 5.11 Å². The molecule has 1 aromatic carbocycles. The topological polar surface area (TPSA) is 40.5 Å². The maximum atomic E-state index is 11.1. The average molecular weight is 245 g/mol. The van der Waals surface area contributed by atoms with Crippen molar-refractivity contribution < 1.29 is 9.90 Å². The molecule has 3 heteroatoms. The van der Waals surface area contributed by atoms with Crippen LogP contribution in [0.25, 0.3) is 0 Å². The average Bonchev–Trinajstić information content (AvgIpc) is 3.11. The van der Waals surface area contributed by atoms with E-state index in [0.29, 0.717) is 5.92 Å². The highest BCUT2D eigenvalue weighted by molar-refractivity contribution is 5.71. The third-order valence-corrected chi connectivity index (χ3v) is 4.23. The van der Waals surface area contributed by atoms with Crippen molar-refractivity contribution in [3.8, 4) is 0 Å². The summed E-state index contributed by atoms with van der Waals surface area (Å²) in [6.07, 6.45) is 3.73. The number of anilines is 1. The molecule has 0 aromatic heterocycles. The van der Waals surface area contributed by atoms with Crippen LogP contribution < -0.4 is 4.90 Å². The van der Waals surface area contributed by atoms with E-state index in [0.717, 1.165) is 13.0 Å². The van der Waals surface area contributed by atoms with Gasteiger partial charge in [0.1, 0.15) is 0 Å². The van der Waals surface area contributed by atoms with Crippen LogP contribution in [0.3, 0.4) is 0 Å². The number of carboxylic acid groups (broad SMARTS) is 1. The molecule has 0 radical (unpaired) electrons. The molecular weight excluding hydrogens is 226 g/mol. The Bertz CT molecular complexity index is 479. The molecule has 2 aliphatic rings. The normalized spacial score (nSPS) is 19.7. The summed E-state index contributed by atoms with van der Waals surface area (Å²) in [7, 11) is 2.11. The number of hydrogen-bond donors (Lipinski definition) is 1. The summed E-state index contributed by atoms with van der Waals surface area (Å²) >= 11 is 0. The molecule has 0 spiro atoms. The number of aliphatic carboxylic acids is 1. The van der Waals surface area contributed by atoms with Crippen LogP contribution in [-0.4, -0.2) is 24.7 Å². The Morgan fingerprint density at radius 1 is 1.50 bits per heavy atom. The van der Waals surface area contributed by atoms with Gasteiger partial charge in [0.25, 0.3) is 0 Å². The van der Waals surface area contributed by atoms with Crippen LogP contribution in [-0.2, 0) is 11.2 Å². The number of hydrogen-bond acceptors (Lipinski definition) is 2. The fourth-order valence-corrected chi connectivity index (χ4v) is 3.19. The smallest absolute Gasteiger partial charge is 0.303 e. The lowest BCUT2D eigenvalue weighted by Crippen LogP contribution is -2.17. The van der Waals surface area contributed by atoms with Gasteiger partial charge in [-0.15, -0.1) is 0 Å². The van der Waals surface area contributed by atoms with Gasteiger partial charge in [-0.05, 0) is 42.2 Å². The minimum absolute atomic E-state index is 0.206. The zero-order chi connectivity index (χ0) is 12.7. The predicted molar refractivity (Wildman–Crippen MR) is 71.1 cm³/mol. The number of rotatable bonds is 4. The van der Waals surface area contributed by atoms with Crippen molar-refractivity contribution in [1.29, 1.82) is 0 Å². The van der Waals surface area contributed by atoms with E-state index in [9.17, 15) is 4.79 Å². The summed E-state index contributed by atoms with van der Waals surface area (Å²) in [6.45, 7) is 1.05. The van der Waals surface area contributed by atoms with E-state index in [1.165, 1.54) is 29.7 Å². The highest BCUT2D eigenvalue weighted by Gasteiger charge is 2.36. The van der Waals surface area contributed by atoms with Crippen molar-refractivity contribution in [3.63, 3.8) is 0 Å². The number of nitrogens with zero attached hydrogens (tertiary/aromatic N) is 1. The second-order valence-corrected chi connectivity index (χ2v) is 5.57. The predicted octanol–water partition coefficient (Wildman–Crippen LogP) is 2.65. The van der Waals surface area contributed by atoms with Gasteiger partial charge in [-0.25, -0.2) is 0 Å². The molecule has 0 bridgehead atoms. The molecular formula is C15H19NO2. The molecule has 1 aliphatic heterocycles. The number of para-hydroxylation sites is 1. The zero-order valence-electron chi connectivity index (χ0n) is 10.7. The van der Waals surface area contributed by atoms with Gasteiger partial charge in [0, 0.05) is 19.3 Å². The molecule has 1 unspecified atom stereocenters. The van der Waals surface area contributed by atoms with Crippen molar-refractivity contribution in [3.05, 3.63) is 29.3 Å². The Hall–Kier alpha value is -1.51. The molecule has 1 aromatic rings. The van der Waals surface area contributed by atoms with E-state index in [1.807, 2.05) is 0 Å². The van der Waals surface area contributed by atoms with Crippen molar-refractivity contribution in [2.24, 2.45) is 5.92 Å². The van der Waals surface area contributed by atoms with Crippen molar-refractivity contribution in [2.45, 2.75) is 31.6 Å². The molecule has 0 amide bonds. The van der Waals surface area contributed by atoms with Crippen LogP contribution in [0.15, 0.2) is 18.2 Å². The van der Waals surface area contributed by atoms with Crippen LogP contribution in [0.2, 0.25) is 0 Å². The van der Waals surface area contributed by atoms with E-state index < -0.39 is 5.97 Å². The number of carbonyl (C=O) groups is 1. The minimum atomic E-state index is -0.676. The Kier molecular flexibility index (Phi) is 2.77. The lowest BCUT2D eigenvalue weighted by Gasteiger charge is -2.22. The minimum Gasteiger partial charge on any atom is -0.481 e. The van der Waals surface area contributed by atoms with E-state index >= 15 is 0 Å². The van der Waals surface area contributed by atoms with Crippen LogP contribution in [0.4, 0.5) is 5.69 Å². The van der Waals surface area contributed by atoms with Gasteiger partial charge in [0.2, 0.25) is 0 Å². The van der Waals surface area contributed by atoms with Crippen LogP contribution in [0, 0.1) is 5.92 Å². The Labute approximate surface area is 107 Å². The molecule has 18 heavy (non-hydrogen) atoms. The second-order valence-electron chi connectivity index (χ2n) is 5.57. The first-order valence-corrected chi connectivity index (χ1v) is 6.71. The Balaban J connectivity index is 1.99. The molecule has 1 atom stereocenters. The van der Waals surface area contributed by atoms with Gasteiger partial charge in [-0.2, -0.15) is 0 Å². The standard InChI is InChI=1S/C15H19NO2/c1-16-8-7-11-3-2-4-12(15(11)16)13(9-14(17)18)10-5-6-10/h2-4,10,13H,5-9H2,1H3,(H,17,18). The van der Waals surface area contributed by atoms with E-state index in [-0.39, 0.29) is 12.3 Å². The molecule has 3 rings (SSSR count). The van der Waals surface area contributed by atoms with Crippen LogP contribution in [0.1, 0.15) is 36.3 Å². The van der Waals surface area contributed by atoms with E-state index in [1.54, 1.807) is 0 Å². The number of likely N-dealkylation sites (N-methyl/N-ethyl adjacent to an activating group) is 1. The van der Waals surface area contributed by atoms with Gasteiger partial charge < -0.3 is 10.0 Å². The Morgan fingerprint density at radius 3 is 2.94 bits per heavy atom.